The van der Waals surface area contributed by atoms with Crippen LogP contribution in [-0.2, 0) is 7.05 Å². The van der Waals surface area contributed by atoms with E-state index in [0.29, 0.717) is 28.3 Å². The van der Waals surface area contributed by atoms with Crippen LogP contribution in [0.3, 0.4) is 0 Å². The second kappa shape index (κ2) is 8.01. The van der Waals surface area contributed by atoms with Crippen molar-refractivity contribution >= 4 is 38.4 Å². The fourth-order valence-corrected chi connectivity index (χ4v) is 4.17. The highest BCUT2D eigenvalue weighted by molar-refractivity contribution is 9.10. The Bertz CT molecular complexity index is 1460. The Morgan fingerprint density at radius 2 is 1.84 bits per heavy atom. The molecular weight excluding hydrogens is 475 g/mol. The molecule has 9 heteroatoms. The summed E-state index contributed by atoms with van der Waals surface area (Å²) in [6, 6.07) is 19.4. The second-order valence-corrected chi connectivity index (χ2v) is 8.12. The molecule has 0 fully saturated rings. The summed E-state index contributed by atoms with van der Waals surface area (Å²) < 4.78 is 17.1. The molecule has 0 saturated carbocycles. The maximum absolute atomic E-state index is 14.5. The molecule has 0 bridgehead atoms. The number of aromatic amines is 1. The van der Waals surface area contributed by atoms with E-state index >= 15 is 0 Å². The van der Waals surface area contributed by atoms with Gasteiger partial charge in [-0.05, 0) is 40.8 Å². The summed E-state index contributed by atoms with van der Waals surface area (Å²) in [4.78, 5) is 13.2. The lowest BCUT2D eigenvalue weighted by Crippen LogP contribution is -2.16. The lowest BCUT2D eigenvalue weighted by molar-refractivity contribution is 0.102. The molecule has 2 aromatic heterocycles. The average molecular weight is 491 g/mol. The fourth-order valence-electron chi connectivity index (χ4n) is 3.81. The summed E-state index contributed by atoms with van der Waals surface area (Å²) in [6.07, 6.45) is 0. The van der Waals surface area contributed by atoms with Gasteiger partial charge >= 0.3 is 0 Å². The Labute approximate surface area is 190 Å². The SMILES string of the molecule is Cn1c(C(=O)Nc2ccc(Br)cc2-c2nnn[nH]2)cc2cccc(-c3ccccc3F)c21. The normalized spacial score (nSPS) is 11.1. The van der Waals surface area contributed by atoms with Gasteiger partial charge in [0, 0.05) is 33.6 Å². The predicted octanol–water partition coefficient (Wildman–Crippen LogP) is 5.18. The summed E-state index contributed by atoms with van der Waals surface area (Å²) in [7, 11) is 1.80. The van der Waals surface area contributed by atoms with Crippen LogP contribution in [0.4, 0.5) is 10.1 Å². The summed E-state index contributed by atoms with van der Waals surface area (Å²) >= 11 is 3.43. The molecule has 0 unspecified atom stereocenters. The van der Waals surface area contributed by atoms with Crippen LogP contribution >= 0.6 is 15.9 Å². The number of hydrogen-bond acceptors (Lipinski definition) is 4. The number of nitrogens with one attached hydrogen (secondary N) is 2. The van der Waals surface area contributed by atoms with Crippen LogP contribution in [0.5, 0.6) is 0 Å². The number of carbonyl (C=O) groups is 1. The van der Waals surface area contributed by atoms with Gasteiger partial charge in [-0.25, -0.2) is 9.49 Å². The van der Waals surface area contributed by atoms with E-state index < -0.39 is 0 Å². The van der Waals surface area contributed by atoms with Crippen LogP contribution in [-0.4, -0.2) is 31.1 Å². The topological polar surface area (TPSA) is 88.5 Å². The molecule has 0 radical (unpaired) electrons. The van der Waals surface area contributed by atoms with E-state index in [9.17, 15) is 9.18 Å². The van der Waals surface area contributed by atoms with Crippen molar-refractivity contribution in [2.24, 2.45) is 7.05 Å². The minimum atomic E-state index is -0.313. The number of para-hydroxylation sites is 1. The lowest BCUT2D eigenvalue weighted by Gasteiger charge is -2.11. The van der Waals surface area contributed by atoms with E-state index in [4.69, 9.17) is 0 Å². The number of halogens is 2. The zero-order valence-electron chi connectivity index (χ0n) is 16.8. The first-order valence-electron chi connectivity index (χ1n) is 9.71. The minimum absolute atomic E-state index is 0.306. The van der Waals surface area contributed by atoms with Gasteiger partial charge in [-0.15, -0.1) is 5.10 Å². The molecule has 1 amide bonds. The number of aryl methyl sites for hydroxylation is 1. The Balaban J connectivity index is 1.57. The number of hydrogen-bond donors (Lipinski definition) is 2. The highest BCUT2D eigenvalue weighted by atomic mass is 79.9. The largest absolute Gasteiger partial charge is 0.339 e. The van der Waals surface area contributed by atoms with Crippen molar-refractivity contribution in [2.45, 2.75) is 0 Å². The summed E-state index contributed by atoms with van der Waals surface area (Å²) in [5.41, 5.74) is 3.62. The van der Waals surface area contributed by atoms with Crippen molar-refractivity contribution in [2.75, 3.05) is 5.32 Å². The Kier molecular flexibility index (Phi) is 5.02. The van der Waals surface area contributed by atoms with Gasteiger partial charge in [0.15, 0.2) is 5.82 Å². The van der Waals surface area contributed by atoms with Crippen LogP contribution < -0.4 is 5.32 Å². The van der Waals surface area contributed by atoms with Crippen LogP contribution in [0, 0.1) is 5.82 Å². The highest BCUT2D eigenvalue weighted by Crippen LogP contribution is 2.33. The first-order chi connectivity index (χ1) is 15.5. The van der Waals surface area contributed by atoms with E-state index in [2.05, 4.69) is 41.9 Å². The standard InChI is InChI=1S/C23H16BrFN6O/c1-31-20(11-13-5-4-7-16(21(13)31)15-6-2-3-8-18(15)25)23(32)26-19-10-9-14(24)12-17(19)22-27-29-30-28-22/h2-12H,1H3,(H,26,32)(H,27,28,29,30). The smallest absolute Gasteiger partial charge is 0.272 e. The number of aromatic nitrogens is 5. The molecule has 0 spiro atoms. The Morgan fingerprint density at radius 1 is 1.03 bits per heavy atom. The van der Waals surface area contributed by atoms with Crippen LogP contribution in [0.2, 0.25) is 0 Å². The molecule has 0 atom stereocenters. The van der Waals surface area contributed by atoms with Crippen molar-refractivity contribution in [1.82, 2.24) is 25.2 Å². The first kappa shape index (κ1) is 20.1. The number of rotatable bonds is 4. The number of anilines is 1. The number of nitrogens with zero attached hydrogens (tertiary/aromatic N) is 4. The van der Waals surface area contributed by atoms with Gasteiger partial charge in [0.05, 0.1) is 11.2 Å². The second-order valence-electron chi connectivity index (χ2n) is 7.21. The van der Waals surface area contributed by atoms with Crippen LogP contribution in [0.25, 0.3) is 33.4 Å². The number of amides is 1. The van der Waals surface area contributed by atoms with Crippen molar-refractivity contribution in [3.05, 3.63) is 82.7 Å². The molecule has 5 aromatic rings. The van der Waals surface area contributed by atoms with E-state index in [1.54, 1.807) is 41.9 Å². The quantitative estimate of drug-likeness (QED) is 0.363. The summed E-state index contributed by atoms with van der Waals surface area (Å²) in [5, 5.41) is 17.7. The zero-order valence-corrected chi connectivity index (χ0v) is 18.4. The molecule has 3 aromatic carbocycles. The molecule has 5 rings (SSSR count). The van der Waals surface area contributed by atoms with Gasteiger partial charge in [0.2, 0.25) is 0 Å². The van der Waals surface area contributed by atoms with E-state index in [1.807, 2.05) is 30.3 Å². The molecular formula is C23H16BrFN6O. The summed E-state index contributed by atoms with van der Waals surface area (Å²) in [5.74, 6) is -0.188. The predicted molar refractivity (Wildman–Crippen MR) is 124 cm³/mol. The van der Waals surface area contributed by atoms with E-state index in [1.165, 1.54) is 6.07 Å². The van der Waals surface area contributed by atoms with Crippen LogP contribution in [0.1, 0.15) is 10.5 Å². The number of H-pyrrole nitrogens is 1. The number of benzene rings is 3. The third kappa shape index (κ3) is 3.46. The highest BCUT2D eigenvalue weighted by Gasteiger charge is 2.19. The van der Waals surface area contributed by atoms with Crippen molar-refractivity contribution in [3.63, 3.8) is 0 Å². The van der Waals surface area contributed by atoms with Gasteiger partial charge in [0.1, 0.15) is 11.5 Å². The maximum Gasteiger partial charge on any atom is 0.272 e. The molecule has 0 aliphatic carbocycles. The van der Waals surface area contributed by atoms with E-state index in [-0.39, 0.29) is 11.7 Å². The van der Waals surface area contributed by atoms with Crippen molar-refractivity contribution < 1.29 is 9.18 Å². The number of fused-ring (bicyclic) bond motifs is 1. The molecule has 2 N–H and O–H groups in total. The monoisotopic (exact) mass is 490 g/mol. The maximum atomic E-state index is 14.5. The average Bonchev–Trinajstić information content (AvgIpc) is 3.44. The number of tetrazole rings is 1. The van der Waals surface area contributed by atoms with Gasteiger partial charge in [-0.3, -0.25) is 4.79 Å². The van der Waals surface area contributed by atoms with Crippen molar-refractivity contribution in [3.8, 4) is 22.5 Å². The molecule has 0 saturated heterocycles. The van der Waals surface area contributed by atoms with Gasteiger partial charge in [-0.2, -0.15) is 0 Å². The lowest BCUT2D eigenvalue weighted by atomic mass is 10.0. The fraction of sp³-hybridized carbons (Fsp3) is 0.0435. The van der Waals surface area contributed by atoms with Gasteiger partial charge in [0.25, 0.3) is 5.91 Å². The third-order valence-corrected chi connectivity index (χ3v) is 5.78. The van der Waals surface area contributed by atoms with E-state index in [0.717, 1.165) is 20.9 Å². The van der Waals surface area contributed by atoms with Crippen LogP contribution in [0.15, 0.2) is 71.2 Å². The van der Waals surface area contributed by atoms with Gasteiger partial charge < -0.3 is 9.88 Å². The summed E-state index contributed by atoms with van der Waals surface area (Å²) in [6.45, 7) is 0. The van der Waals surface area contributed by atoms with Gasteiger partial charge in [-0.1, -0.05) is 52.3 Å². The van der Waals surface area contributed by atoms with Crippen molar-refractivity contribution in [1.29, 1.82) is 0 Å². The Morgan fingerprint density at radius 3 is 2.62 bits per heavy atom. The molecule has 2 heterocycles. The molecule has 0 aliphatic rings. The number of carbonyl (C=O) groups excluding carboxylic acids is 1. The molecule has 32 heavy (non-hydrogen) atoms. The molecule has 158 valence electrons. The molecule has 0 aliphatic heterocycles. The molecule has 7 nitrogen and oxygen atoms in total. The minimum Gasteiger partial charge on any atom is -0.339 e. The third-order valence-electron chi connectivity index (χ3n) is 5.28. The first-order valence-corrected chi connectivity index (χ1v) is 10.5. The Hall–Kier alpha value is -3.85. The zero-order chi connectivity index (χ0) is 22.2.